The molecular formula is C12H16O. The number of Topliss-reactive ketones (excluding diaryl/α,β-unsaturated/α-hetero) is 1. The van der Waals surface area contributed by atoms with E-state index in [1.165, 1.54) is 19.3 Å². The number of rotatable bonds is 0. The molecule has 0 radical (unpaired) electrons. The van der Waals surface area contributed by atoms with Gasteiger partial charge in [0.05, 0.1) is 0 Å². The Kier molecular flexibility index (Phi) is 1.61. The van der Waals surface area contributed by atoms with Crippen molar-refractivity contribution in [3.63, 3.8) is 0 Å². The quantitative estimate of drug-likeness (QED) is 0.518. The molecule has 0 aromatic heterocycles. The van der Waals surface area contributed by atoms with Crippen molar-refractivity contribution in [2.24, 2.45) is 23.7 Å². The highest BCUT2D eigenvalue weighted by Crippen LogP contribution is 2.48. The van der Waals surface area contributed by atoms with E-state index < -0.39 is 0 Å². The molecule has 1 heteroatoms. The topological polar surface area (TPSA) is 17.1 Å². The van der Waals surface area contributed by atoms with Crippen LogP contribution in [0, 0.1) is 23.7 Å². The van der Waals surface area contributed by atoms with Crippen molar-refractivity contribution < 1.29 is 4.79 Å². The van der Waals surface area contributed by atoms with Crippen molar-refractivity contribution in [2.75, 3.05) is 0 Å². The van der Waals surface area contributed by atoms with Crippen molar-refractivity contribution in [1.29, 1.82) is 0 Å². The summed E-state index contributed by atoms with van der Waals surface area (Å²) in [7, 11) is 0. The number of allylic oxidation sites excluding steroid dienone is 2. The second-order valence-electron chi connectivity index (χ2n) is 4.91. The van der Waals surface area contributed by atoms with Crippen LogP contribution in [-0.4, -0.2) is 5.78 Å². The van der Waals surface area contributed by atoms with Crippen LogP contribution >= 0.6 is 0 Å². The van der Waals surface area contributed by atoms with Crippen molar-refractivity contribution in [3.8, 4) is 0 Å². The summed E-state index contributed by atoms with van der Waals surface area (Å²) in [6.45, 7) is 0. The highest BCUT2D eigenvalue weighted by Gasteiger charge is 2.42. The first kappa shape index (κ1) is 7.78. The number of carbonyl (C=O) groups excluding carboxylic acids is 1. The summed E-state index contributed by atoms with van der Waals surface area (Å²) in [5, 5.41) is 0. The van der Waals surface area contributed by atoms with Gasteiger partial charge in [-0.3, -0.25) is 4.79 Å². The Morgan fingerprint density at radius 1 is 1.15 bits per heavy atom. The predicted molar refractivity (Wildman–Crippen MR) is 51.2 cm³/mol. The first-order valence-corrected chi connectivity index (χ1v) is 5.55. The van der Waals surface area contributed by atoms with Gasteiger partial charge in [-0.05, 0) is 43.4 Å². The minimum absolute atomic E-state index is 0.405. The Bertz CT molecular complexity index is 266. The summed E-state index contributed by atoms with van der Waals surface area (Å²) >= 11 is 0. The van der Waals surface area contributed by atoms with E-state index in [0.29, 0.717) is 17.6 Å². The van der Waals surface area contributed by atoms with Gasteiger partial charge in [0.15, 0.2) is 0 Å². The van der Waals surface area contributed by atoms with Gasteiger partial charge in [-0.2, -0.15) is 0 Å². The second-order valence-corrected chi connectivity index (χ2v) is 4.91. The normalized spacial score (nSPS) is 47.8. The Morgan fingerprint density at radius 3 is 2.92 bits per heavy atom. The first-order valence-electron chi connectivity index (χ1n) is 5.55. The van der Waals surface area contributed by atoms with E-state index in [-0.39, 0.29) is 0 Å². The van der Waals surface area contributed by atoms with Crippen LogP contribution in [0.3, 0.4) is 0 Å². The average Bonchev–Trinajstić information content (AvgIpc) is 2.47. The van der Waals surface area contributed by atoms with E-state index >= 15 is 0 Å². The smallest absolute Gasteiger partial charge is 0.136 e. The molecule has 13 heavy (non-hydrogen) atoms. The maximum absolute atomic E-state index is 11.8. The van der Waals surface area contributed by atoms with Crippen LogP contribution in [0.2, 0.25) is 0 Å². The highest BCUT2D eigenvalue weighted by atomic mass is 16.1. The van der Waals surface area contributed by atoms with E-state index in [2.05, 4.69) is 12.2 Å². The Balaban J connectivity index is 1.95. The first-order chi connectivity index (χ1) is 6.34. The fourth-order valence-electron chi connectivity index (χ4n) is 3.51. The van der Waals surface area contributed by atoms with Gasteiger partial charge >= 0.3 is 0 Å². The van der Waals surface area contributed by atoms with Crippen LogP contribution in [-0.2, 0) is 4.79 Å². The maximum Gasteiger partial charge on any atom is 0.136 e. The standard InChI is InChI=1S/C12H16O/c13-12-3-1-2-8-7-11(12)10-5-4-9(8)6-10/h4-5,8-11H,1-3,6-7H2. The van der Waals surface area contributed by atoms with Gasteiger partial charge in [-0.25, -0.2) is 0 Å². The molecular weight excluding hydrogens is 160 g/mol. The molecule has 0 N–H and O–H groups in total. The van der Waals surface area contributed by atoms with Gasteiger partial charge in [-0.1, -0.05) is 12.2 Å². The molecule has 0 spiro atoms. The number of ketones is 1. The molecule has 0 amide bonds. The minimum Gasteiger partial charge on any atom is -0.299 e. The van der Waals surface area contributed by atoms with Crippen LogP contribution in [0.1, 0.15) is 32.1 Å². The lowest BCUT2D eigenvalue weighted by atomic mass is 9.72. The molecule has 0 aliphatic heterocycles. The molecule has 3 aliphatic rings. The monoisotopic (exact) mass is 176 g/mol. The van der Waals surface area contributed by atoms with E-state index in [0.717, 1.165) is 24.7 Å². The lowest BCUT2D eigenvalue weighted by molar-refractivity contribution is -0.124. The van der Waals surface area contributed by atoms with Crippen LogP contribution in [0.4, 0.5) is 0 Å². The molecule has 1 nitrogen and oxygen atoms in total. The molecule has 4 unspecified atom stereocenters. The molecule has 3 rings (SSSR count). The summed E-state index contributed by atoms with van der Waals surface area (Å²) in [4.78, 5) is 11.8. The van der Waals surface area contributed by atoms with Crippen LogP contribution in [0.15, 0.2) is 12.2 Å². The van der Waals surface area contributed by atoms with E-state index in [1.54, 1.807) is 0 Å². The van der Waals surface area contributed by atoms with Crippen molar-refractivity contribution in [3.05, 3.63) is 12.2 Å². The van der Waals surface area contributed by atoms with Crippen LogP contribution < -0.4 is 0 Å². The fraction of sp³-hybridized carbons (Fsp3) is 0.750. The Labute approximate surface area is 79.2 Å². The van der Waals surface area contributed by atoms with Gasteiger partial charge in [0.25, 0.3) is 0 Å². The molecule has 2 fully saturated rings. The van der Waals surface area contributed by atoms with E-state index in [9.17, 15) is 4.79 Å². The number of carbonyl (C=O) groups is 1. The summed E-state index contributed by atoms with van der Waals surface area (Å²) < 4.78 is 0. The fourth-order valence-corrected chi connectivity index (χ4v) is 3.51. The second kappa shape index (κ2) is 2.70. The molecule has 0 saturated heterocycles. The van der Waals surface area contributed by atoms with Crippen molar-refractivity contribution in [2.45, 2.75) is 32.1 Å². The highest BCUT2D eigenvalue weighted by molar-refractivity contribution is 5.82. The van der Waals surface area contributed by atoms with Gasteiger partial charge in [-0.15, -0.1) is 0 Å². The molecule has 0 aromatic rings. The van der Waals surface area contributed by atoms with Gasteiger partial charge in [0.1, 0.15) is 5.78 Å². The molecule has 3 aliphatic carbocycles. The number of fused-ring (bicyclic) bond motifs is 6. The van der Waals surface area contributed by atoms with Gasteiger partial charge < -0.3 is 0 Å². The predicted octanol–water partition coefficient (Wildman–Crippen LogP) is 2.57. The summed E-state index contributed by atoms with van der Waals surface area (Å²) in [5.41, 5.74) is 0. The third-order valence-electron chi connectivity index (χ3n) is 4.24. The largest absolute Gasteiger partial charge is 0.299 e. The zero-order valence-corrected chi connectivity index (χ0v) is 7.91. The number of hydrogen-bond donors (Lipinski definition) is 0. The average molecular weight is 176 g/mol. The number of hydrogen-bond acceptors (Lipinski definition) is 1. The summed E-state index contributed by atoms with van der Waals surface area (Å²) in [6.07, 6.45) is 10.5. The van der Waals surface area contributed by atoms with Crippen LogP contribution in [0.25, 0.3) is 0 Å². The van der Waals surface area contributed by atoms with E-state index in [1.807, 2.05) is 0 Å². The third kappa shape index (κ3) is 1.09. The Hall–Kier alpha value is -0.590. The molecule has 4 atom stereocenters. The summed E-state index contributed by atoms with van der Waals surface area (Å²) in [5.74, 6) is 3.24. The minimum atomic E-state index is 0.405. The van der Waals surface area contributed by atoms with Crippen molar-refractivity contribution >= 4 is 5.78 Å². The van der Waals surface area contributed by atoms with Crippen molar-refractivity contribution in [1.82, 2.24) is 0 Å². The summed E-state index contributed by atoms with van der Waals surface area (Å²) in [6, 6.07) is 0. The van der Waals surface area contributed by atoms with Gasteiger partial charge in [0, 0.05) is 12.3 Å². The lowest BCUT2D eigenvalue weighted by Crippen LogP contribution is -2.29. The SMILES string of the molecule is O=C1CCCC2CC1C1C=CC2C1. The maximum atomic E-state index is 11.8. The lowest BCUT2D eigenvalue weighted by Gasteiger charge is -2.32. The van der Waals surface area contributed by atoms with Gasteiger partial charge in [0.2, 0.25) is 0 Å². The third-order valence-corrected chi connectivity index (χ3v) is 4.24. The zero-order chi connectivity index (χ0) is 8.84. The molecule has 4 bridgehead atoms. The zero-order valence-electron chi connectivity index (χ0n) is 7.91. The van der Waals surface area contributed by atoms with E-state index in [4.69, 9.17) is 0 Å². The Morgan fingerprint density at radius 2 is 2.00 bits per heavy atom. The molecule has 0 aromatic carbocycles. The molecule has 0 heterocycles. The van der Waals surface area contributed by atoms with Crippen LogP contribution in [0.5, 0.6) is 0 Å². The molecule has 2 saturated carbocycles. The molecule has 70 valence electrons.